The zero-order valence-electron chi connectivity index (χ0n) is 11.2. The van der Waals surface area contributed by atoms with E-state index in [4.69, 9.17) is 0 Å². The molecule has 0 aromatic carbocycles. The minimum absolute atomic E-state index is 0.0780. The summed E-state index contributed by atoms with van der Waals surface area (Å²) < 4.78 is 0. The van der Waals surface area contributed by atoms with Crippen molar-refractivity contribution in [1.29, 1.82) is 0 Å². The van der Waals surface area contributed by atoms with Crippen LogP contribution in [0.15, 0.2) is 23.8 Å². The van der Waals surface area contributed by atoms with Crippen LogP contribution in [0.3, 0.4) is 0 Å². The molecular weight excluding hydrogens is 288 g/mol. The molecule has 0 aromatic heterocycles. The molecule has 0 N–H and O–H groups in total. The third kappa shape index (κ3) is 6.53. The smallest absolute Gasteiger partial charge is 0.130 e. The molecule has 0 aromatic rings. The summed E-state index contributed by atoms with van der Waals surface area (Å²) in [4.78, 5) is 10.8. The third-order valence-corrected chi connectivity index (χ3v) is 4.11. The molecule has 102 valence electrons. The van der Waals surface area contributed by atoms with Gasteiger partial charge in [-0.15, -0.1) is 0 Å². The van der Waals surface area contributed by atoms with Crippen molar-refractivity contribution in [3.05, 3.63) is 23.8 Å². The van der Waals surface area contributed by atoms with E-state index in [1.54, 1.807) is 0 Å². The molecule has 1 nitrogen and oxygen atoms in total. The van der Waals surface area contributed by atoms with Crippen LogP contribution in [0.4, 0.5) is 0 Å². The van der Waals surface area contributed by atoms with Gasteiger partial charge in [0.1, 0.15) is 6.29 Å². The summed E-state index contributed by atoms with van der Waals surface area (Å²) in [5, 5.41) is 1.15. The van der Waals surface area contributed by atoms with Gasteiger partial charge in [0, 0.05) is 5.33 Å². The summed E-state index contributed by atoms with van der Waals surface area (Å²) in [5.41, 5.74) is 1.31. The molecule has 0 saturated carbocycles. The molecule has 1 unspecified atom stereocenters. The molecule has 1 aliphatic rings. The highest BCUT2D eigenvalue weighted by Crippen LogP contribution is 2.23. The van der Waals surface area contributed by atoms with Crippen molar-refractivity contribution >= 4 is 22.2 Å². The van der Waals surface area contributed by atoms with Gasteiger partial charge in [0.05, 0.1) is 5.92 Å². The number of aldehydes is 1. The molecule has 0 amide bonds. The van der Waals surface area contributed by atoms with Crippen LogP contribution in [0.25, 0.3) is 0 Å². The van der Waals surface area contributed by atoms with Crippen LogP contribution >= 0.6 is 15.9 Å². The van der Waals surface area contributed by atoms with Gasteiger partial charge in [-0.25, -0.2) is 0 Å². The van der Waals surface area contributed by atoms with Crippen LogP contribution in [-0.4, -0.2) is 11.6 Å². The summed E-state index contributed by atoms with van der Waals surface area (Å²) in [6.45, 7) is 0. The van der Waals surface area contributed by atoms with Gasteiger partial charge in [0.25, 0.3) is 0 Å². The maximum Gasteiger partial charge on any atom is 0.130 e. The predicted molar refractivity (Wildman–Crippen MR) is 82.1 cm³/mol. The molecule has 0 aliphatic heterocycles. The van der Waals surface area contributed by atoms with Crippen molar-refractivity contribution in [2.24, 2.45) is 5.92 Å². The Morgan fingerprint density at radius 3 is 2.22 bits per heavy atom. The van der Waals surface area contributed by atoms with E-state index in [1.165, 1.54) is 56.9 Å². The minimum Gasteiger partial charge on any atom is -0.302 e. The van der Waals surface area contributed by atoms with Crippen LogP contribution in [0.5, 0.6) is 0 Å². The number of halogens is 1. The van der Waals surface area contributed by atoms with Gasteiger partial charge >= 0.3 is 0 Å². The molecule has 2 heteroatoms. The zero-order valence-corrected chi connectivity index (χ0v) is 12.8. The fourth-order valence-corrected chi connectivity index (χ4v) is 2.80. The van der Waals surface area contributed by atoms with E-state index in [0.29, 0.717) is 0 Å². The monoisotopic (exact) mass is 312 g/mol. The van der Waals surface area contributed by atoms with Crippen molar-refractivity contribution in [1.82, 2.24) is 0 Å². The second-order valence-electron chi connectivity index (χ2n) is 5.06. The lowest BCUT2D eigenvalue weighted by atomic mass is 9.98. The van der Waals surface area contributed by atoms with Crippen molar-refractivity contribution in [2.45, 2.75) is 57.8 Å². The molecule has 1 atom stereocenters. The van der Waals surface area contributed by atoms with Crippen LogP contribution in [0.1, 0.15) is 57.8 Å². The standard InChI is InChI=1S/C16H25BrO/c17-13-8-6-4-2-1-3-5-7-10-15-11-9-12-16(15)14-18/h9,11-12,14,16H,1-8,10,13H2. The summed E-state index contributed by atoms with van der Waals surface area (Å²) in [7, 11) is 0. The molecule has 0 fully saturated rings. The highest BCUT2D eigenvalue weighted by atomic mass is 79.9. The van der Waals surface area contributed by atoms with Gasteiger partial charge in [-0.05, 0) is 19.3 Å². The Morgan fingerprint density at radius 1 is 1.00 bits per heavy atom. The fourth-order valence-electron chi connectivity index (χ4n) is 2.40. The Hall–Kier alpha value is -0.370. The van der Waals surface area contributed by atoms with Crippen LogP contribution in [-0.2, 0) is 4.79 Å². The molecule has 1 rings (SSSR count). The van der Waals surface area contributed by atoms with E-state index in [9.17, 15) is 4.79 Å². The number of alkyl halides is 1. The predicted octanol–water partition coefficient (Wildman–Crippen LogP) is 5.20. The van der Waals surface area contributed by atoms with Crippen molar-refractivity contribution < 1.29 is 4.79 Å². The average molecular weight is 313 g/mol. The first kappa shape index (κ1) is 15.7. The summed E-state index contributed by atoms with van der Waals surface area (Å²) in [5.74, 6) is 0.0780. The topological polar surface area (TPSA) is 17.1 Å². The number of carbonyl (C=O) groups is 1. The Bertz CT molecular complexity index is 281. The maximum atomic E-state index is 10.8. The lowest BCUT2D eigenvalue weighted by Crippen LogP contribution is -1.99. The SMILES string of the molecule is O=CC1C=CC=C1CCCCCCCCCCBr. The first-order valence-electron chi connectivity index (χ1n) is 7.27. The molecule has 0 saturated heterocycles. The van der Waals surface area contributed by atoms with Gasteiger partial charge < -0.3 is 4.79 Å². The zero-order chi connectivity index (χ0) is 13.1. The highest BCUT2D eigenvalue weighted by molar-refractivity contribution is 9.09. The molecule has 0 heterocycles. The Kier molecular flexibility index (Phi) is 9.19. The average Bonchev–Trinajstić information content (AvgIpc) is 2.84. The number of allylic oxidation sites excluding steroid dienone is 4. The summed E-state index contributed by atoms with van der Waals surface area (Å²) >= 11 is 3.46. The lowest BCUT2D eigenvalue weighted by Gasteiger charge is -2.07. The van der Waals surface area contributed by atoms with Gasteiger partial charge in [-0.3, -0.25) is 0 Å². The van der Waals surface area contributed by atoms with E-state index in [-0.39, 0.29) is 5.92 Å². The molecule has 1 aliphatic carbocycles. The quantitative estimate of drug-likeness (QED) is 0.291. The number of hydrogen-bond acceptors (Lipinski definition) is 1. The molecule has 0 bridgehead atoms. The highest BCUT2D eigenvalue weighted by Gasteiger charge is 2.12. The van der Waals surface area contributed by atoms with Gasteiger partial charge in [0.15, 0.2) is 0 Å². The summed E-state index contributed by atoms with van der Waals surface area (Å²) in [6.07, 6.45) is 19.0. The van der Waals surface area contributed by atoms with Crippen LogP contribution in [0.2, 0.25) is 0 Å². The van der Waals surface area contributed by atoms with E-state index in [0.717, 1.165) is 18.0 Å². The van der Waals surface area contributed by atoms with Crippen molar-refractivity contribution in [2.75, 3.05) is 5.33 Å². The second kappa shape index (κ2) is 10.5. The van der Waals surface area contributed by atoms with E-state index in [1.807, 2.05) is 12.2 Å². The fraction of sp³-hybridized carbons (Fsp3) is 0.688. The first-order chi connectivity index (χ1) is 8.88. The molecule has 0 radical (unpaired) electrons. The number of unbranched alkanes of at least 4 members (excludes halogenated alkanes) is 7. The Morgan fingerprint density at radius 2 is 1.61 bits per heavy atom. The van der Waals surface area contributed by atoms with Crippen molar-refractivity contribution in [3.8, 4) is 0 Å². The van der Waals surface area contributed by atoms with Gasteiger partial charge in [-0.2, -0.15) is 0 Å². The van der Waals surface area contributed by atoms with E-state index < -0.39 is 0 Å². The number of hydrogen-bond donors (Lipinski definition) is 0. The number of rotatable bonds is 11. The van der Waals surface area contributed by atoms with E-state index in [2.05, 4.69) is 22.0 Å². The second-order valence-corrected chi connectivity index (χ2v) is 5.85. The lowest BCUT2D eigenvalue weighted by molar-refractivity contribution is -0.109. The van der Waals surface area contributed by atoms with E-state index >= 15 is 0 Å². The third-order valence-electron chi connectivity index (χ3n) is 3.55. The molecular formula is C16H25BrO. The largest absolute Gasteiger partial charge is 0.302 e. The minimum atomic E-state index is 0.0780. The first-order valence-corrected chi connectivity index (χ1v) is 8.39. The number of carbonyl (C=O) groups excluding carboxylic acids is 1. The molecule has 18 heavy (non-hydrogen) atoms. The van der Waals surface area contributed by atoms with Gasteiger partial charge in [-0.1, -0.05) is 78.3 Å². The van der Waals surface area contributed by atoms with Gasteiger partial charge in [0.2, 0.25) is 0 Å². The van der Waals surface area contributed by atoms with Crippen LogP contribution in [0, 0.1) is 5.92 Å². The Labute approximate surface area is 120 Å². The Balaban J connectivity index is 1.89. The normalized spacial score (nSPS) is 18.1. The van der Waals surface area contributed by atoms with Crippen LogP contribution < -0.4 is 0 Å². The van der Waals surface area contributed by atoms with Crippen molar-refractivity contribution in [3.63, 3.8) is 0 Å². The molecule has 0 spiro atoms. The summed E-state index contributed by atoms with van der Waals surface area (Å²) in [6, 6.07) is 0. The maximum absolute atomic E-state index is 10.8.